The van der Waals surface area contributed by atoms with E-state index in [1.807, 2.05) is 0 Å². The van der Waals surface area contributed by atoms with Crippen LogP contribution in [0, 0.1) is 6.92 Å². The van der Waals surface area contributed by atoms with E-state index in [0.29, 0.717) is 17.7 Å². The first kappa shape index (κ1) is 11.3. The number of amides is 1. The van der Waals surface area contributed by atoms with Gasteiger partial charge in [0.25, 0.3) is 5.56 Å². The smallest absolute Gasteiger partial charge is 0.251 e. The molecule has 1 aromatic rings. The van der Waals surface area contributed by atoms with Gasteiger partial charge in [-0.15, -0.1) is 0 Å². The zero-order chi connectivity index (χ0) is 11.6. The Balaban J connectivity index is 3.30. The van der Waals surface area contributed by atoms with Crippen LogP contribution in [0.1, 0.15) is 24.9 Å². The van der Waals surface area contributed by atoms with Gasteiger partial charge in [-0.25, -0.2) is 0 Å². The minimum atomic E-state index is -0.625. The van der Waals surface area contributed by atoms with Crippen molar-refractivity contribution >= 4 is 11.6 Å². The van der Waals surface area contributed by atoms with Gasteiger partial charge in [-0.05, 0) is 18.9 Å². The number of primary amides is 1. The Labute approximate surface area is 87.7 Å². The van der Waals surface area contributed by atoms with Crippen LogP contribution in [0.5, 0.6) is 0 Å². The normalized spacial score (nSPS) is 12.4. The van der Waals surface area contributed by atoms with Crippen molar-refractivity contribution in [2.45, 2.75) is 26.3 Å². The number of nitrogen functional groups attached to an aromatic ring is 1. The molecule has 0 aliphatic carbocycles. The molecule has 1 heterocycles. The fraction of sp³-hybridized carbons (Fsp3) is 0.400. The van der Waals surface area contributed by atoms with Crippen molar-refractivity contribution in [3.05, 3.63) is 28.2 Å². The number of nitrogens with zero attached hydrogens (tertiary/aromatic N) is 1. The molecule has 15 heavy (non-hydrogen) atoms. The van der Waals surface area contributed by atoms with Crippen LogP contribution in [0.3, 0.4) is 0 Å². The lowest BCUT2D eigenvalue weighted by Gasteiger charge is -2.15. The predicted octanol–water partition coefficient (Wildman–Crippen LogP) is 0.175. The topological polar surface area (TPSA) is 91.1 Å². The fourth-order valence-corrected chi connectivity index (χ4v) is 1.44. The molecule has 82 valence electrons. The van der Waals surface area contributed by atoms with Gasteiger partial charge in [-0.1, -0.05) is 6.92 Å². The van der Waals surface area contributed by atoms with E-state index in [-0.39, 0.29) is 5.56 Å². The van der Waals surface area contributed by atoms with Crippen LogP contribution in [0.15, 0.2) is 17.1 Å². The lowest BCUT2D eigenvalue weighted by atomic mass is 10.2. The van der Waals surface area contributed by atoms with E-state index in [0.717, 1.165) is 0 Å². The van der Waals surface area contributed by atoms with Crippen LogP contribution in [-0.4, -0.2) is 10.5 Å². The number of hydrogen-bond donors (Lipinski definition) is 2. The Bertz CT molecular complexity index is 437. The van der Waals surface area contributed by atoms with Crippen molar-refractivity contribution < 1.29 is 4.79 Å². The van der Waals surface area contributed by atoms with Gasteiger partial charge >= 0.3 is 0 Å². The number of pyridine rings is 1. The van der Waals surface area contributed by atoms with Crippen LogP contribution in [0.25, 0.3) is 0 Å². The summed E-state index contributed by atoms with van der Waals surface area (Å²) in [5.41, 5.74) is 11.8. The second-order valence-electron chi connectivity index (χ2n) is 3.48. The Kier molecular flexibility index (Phi) is 3.14. The molecule has 1 unspecified atom stereocenters. The number of carbonyl (C=O) groups is 1. The van der Waals surface area contributed by atoms with Crippen molar-refractivity contribution in [3.8, 4) is 0 Å². The Morgan fingerprint density at radius 1 is 1.60 bits per heavy atom. The zero-order valence-electron chi connectivity index (χ0n) is 8.86. The second kappa shape index (κ2) is 4.16. The molecule has 0 aromatic carbocycles. The van der Waals surface area contributed by atoms with Crippen LogP contribution >= 0.6 is 0 Å². The monoisotopic (exact) mass is 209 g/mol. The Hall–Kier alpha value is -1.78. The SMILES string of the molecule is CCC(C(N)=O)n1cc(N)c(C)cc1=O. The van der Waals surface area contributed by atoms with Gasteiger partial charge in [0.05, 0.1) is 5.69 Å². The molecule has 0 spiro atoms. The molecule has 1 aromatic heterocycles. The predicted molar refractivity (Wildman–Crippen MR) is 58.4 cm³/mol. The summed E-state index contributed by atoms with van der Waals surface area (Å²) in [5, 5.41) is 0. The quantitative estimate of drug-likeness (QED) is 0.743. The zero-order valence-corrected chi connectivity index (χ0v) is 8.86. The molecule has 1 amide bonds. The van der Waals surface area contributed by atoms with Crippen molar-refractivity contribution in [3.63, 3.8) is 0 Å². The third-order valence-electron chi connectivity index (χ3n) is 2.38. The van der Waals surface area contributed by atoms with Gasteiger partial charge in [-0.2, -0.15) is 0 Å². The first-order chi connectivity index (χ1) is 6.97. The summed E-state index contributed by atoms with van der Waals surface area (Å²) in [5.74, 6) is -0.525. The highest BCUT2D eigenvalue weighted by Crippen LogP contribution is 2.12. The van der Waals surface area contributed by atoms with Crippen LogP contribution < -0.4 is 17.0 Å². The minimum absolute atomic E-state index is 0.257. The summed E-state index contributed by atoms with van der Waals surface area (Å²) in [6.45, 7) is 3.53. The fourth-order valence-electron chi connectivity index (χ4n) is 1.44. The standard InChI is InChI=1S/C10H15N3O2/c1-3-8(10(12)15)13-5-7(11)6(2)4-9(13)14/h4-5,8H,3,11H2,1-2H3,(H2,12,15). The number of hydrogen-bond acceptors (Lipinski definition) is 3. The van der Waals surface area contributed by atoms with Gasteiger partial charge in [0.15, 0.2) is 0 Å². The molecule has 0 aliphatic heterocycles. The van der Waals surface area contributed by atoms with Gasteiger partial charge in [-0.3, -0.25) is 9.59 Å². The largest absolute Gasteiger partial charge is 0.397 e. The summed E-state index contributed by atoms with van der Waals surface area (Å²) in [4.78, 5) is 22.7. The van der Waals surface area contributed by atoms with E-state index in [4.69, 9.17) is 11.5 Å². The maximum Gasteiger partial charge on any atom is 0.251 e. The number of rotatable bonds is 3. The minimum Gasteiger partial charge on any atom is -0.397 e. The van der Waals surface area contributed by atoms with Crippen molar-refractivity contribution in [2.24, 2.45) is 5.73 Å². The molecule has 5 heteroatoms. The summed E-state index contributed by atoms with van der Waals surface area (Å²) in [6, 6.07) is 0.779. The molecule has 1 rings (SSSR count). The number of aromatic nitrogens is 1. The molecular weight excluding hydrogens is 194 g/mol. The highest BCUT2D eigenvalue weighted by molar-refractivity contribution is 5.78. The number of aryl methyl sites for hydroxylation is 1. The van der Waals surface area contributed by atoms with Gasteiger partial charge in [0, 0.05) is 12.3 Å². The lowest BCUT2D eigenvalue weighted by Crippen LogP contribution is -2.33. The molecule has 0 fully saturated rings. The molecule has 0 radical (unpaired) electrons. The van der Waals surface area contributed by atoms with E-state index in [2.05, 4.69) is 0 Å². The average Bonchev–Trinajstić information content (AvgIpc) is 2.14. The van der Waals surface area contributed by atoms with Crippen molar-refractivity contribution in [1.82, 2.24) is 4.57 Å². The first-order valence-electron chi connectivity index (χ1n) is 4.75. The Morgan fingerprint density at radius 3 is 2.67 bits per heavy atom. The lowest BCUT2D eigenvalue weighted by molar-refractivity contribution is -0.121. The van der Waals surface area contributed by atoms with Crippen molar-refractivity contribution in [1.29, 1.82) is 0 Å². The number of anilines is 1. The maximum absolute atomic E-state index is 11.6. The maximum atomic E-state index is 11.6. The number of carbonyl (C=O) groups excluding carboxylic acids is 1. The van der Waals surface area contributed by atoms with Gasteiger partial charge in [0.1, 0.15) is 6.04 Å². The van der Waals surface area contributed by atoms with Gasteiger partial charge in [0.2, 0.25) is 5.91 Å². The second-order valence-corrected chi connectivity index (χ2v) is 3.48. The Morgan fingerprint density at radius 2 is 2.20 bits per heavy atom. The third-order valence-corrected chi connectivity index (χ3v) is 2.38. The highest BCUT2D eigenvalue weighted by atomic mass is 16.2. The summed E-state index contributed by atoms with van der Waals surface area (Å²) >= 11 is 0. The molecule has 0 saturated heterocycles. The average molecular weight is 209 g/mol. The van der Waals surface area contributed by atoms with Crippen molar-refractivity contribution in [2.75, 3.05) is 5.73 Å². The molecule has 0 saturated carbocycles. The molecule has 0 bridgehead atoms. The third kappa shape index (κ3) is 2.18. The van der Waals surface area contributed by atoms with E-state index >= 15 is 0 Å². The van der Waals surface area contributed by atoms with E-state index < -0.39 is 11.9 Å². The molecule has 0 aliphatic rings. The summed E-state index contributed by atoms with van der Waals surface area (Å²) < 4.78 is 1.28. The van der Waals surface area contributed by atoms with E-state index in [1.165, 1.54) is 16.8 Å². The molecule has 1 atom stereocenters. The summed E-state index contributed by atoms with van der Waals surface area (Å²) in [7, 11) is 0. The van der Waals surface area contributed by atoms with E-state index in [9.17, 15) is 9.59 Å². The molecule has 5 nitrogen and oxygen atoms in total. The van der Waals surface area contributed by atoms with Crippen LogP contribution in [0.2, 0.25) is 0 Å². The first-order valence-corrected chi connectivity index (χ1v) is 4.75. The van der Waals surface area contributed by atoms with Crippen LogP contribution in [-0.2, 0) is 4.79 Å². The van der Waals surface area contributed by atoms with E-state index in [1.54, 1.807) is 13.8 Å². The summed E-state index contributed by atoms with van der Waals surface area (Å²) in [6.07, 6.45) is 1.94. The highest BCUT2D eigenvalue weighted by Gasteiger charge is 2.16. The number of nitrogens with two attached hydrogens (primary N) is 2. The molecule has 4 N–H and O–H groups in total. The molecular formula is C10H15N3O2. The van der Waals surface area contributed by atoms with Crippen LogP contribution in [0.4, 0.5) is 5.69 Å². The van der Waals surface area contributed by atoms with Gasteiger partial charge < -0.3 is 16.0 Å².